The smallest absolute Gasteiger partial charge is 0.295 e. The van der Waals surface area contributed by atoms with Gasteiger partial charge in [0.1, 0.15) is 0 Å². The predicted octanol–water partition coefficient (Wildman–Crippen LogP) is 5.96. The number of anilines is 1. The fourth-order valence-electron chi connectivity index (χ4n) is 3.77. The summed E-state index contributed by atoms with van der Waals surface area (Å²) in [5.74, 6) is 0.405. The van der Waals surface area contributed by atoms with Crippen molar-refractivity contribution in [3.63, 3.8) is 0 Å². The summed E-state index contributed by atoms with van der Waals surface area (Å²) in [6.07, 6.45) is 0. The fraction of sp³-hybridized carbons (Fsp3) is 0.0741. The van der Waals surface area contributed by atoms with Gasteiger partial charge < -0.3 is 5.32 Å². The van der Waals surface area contributed by atoms with Crippen molar-refractivity contribution < 1.29 is 4.79 Å². The summed E-state index contributed by atoms with van der Waals surface area (Å²) in [6, 6.07) is 29.7. The molecule has 0 fully saturated rings. The van der Waals surface area contributed by atoms with Gasteiger partial charge in [-0.05, 0) is 53.9 Å². The van der Waals surface area contributed by atoms with Gasteiger partial charge in [0.05, 0.1) is 5.69 Å². The highest BCUT2D eigenvalue weighted by atomic mass is 16.2. The maximum atomic E-state index is 13.1. The Morgan fingerprint density at radius 2 is 1.56 bits per heavy atom. The molecule has 0 aliphatic rings. The minimum atomic E-state index is -0.346. The first kappa shape index (κ1) is 19.7. The van der Waals surface area contributed by atoms with Crippen molar-refractivity contribution in [1.82, 2.24) is 14.8 Å². The number of nitrogens with one attached hydrogen (secondary N) is 1. The van der Waals surface area contributed by atoms with E-state index in [9.17, 15) is 4.79 Å². The second kappa shape index (κ2) is 8.12. The van der Waals surface area contributed by atoms with Crippen molar-refractivity contribution in [3.8, 4) is 17.1 Å². The van der Waals surface area contributed by atoms with Gasteiger partial charge in [-0.1, -0.05) is 72.8 Å². The molecule has 0 atom stereocenters. The number of hydrogen-bond donors (Lipinski definition) is 1. The van der Waals surface area contributed by atoms with E-state index in [2.05, 4.69) is 35.3 Å². The Kier molecular flexibility index (Phi) is 5.00. The molecule has 0 saturated carbocycles. The Balaban J connectivity index is 1.56. The molecule has 0 aliphatic carbocycles. The third-order valence-corrected chi connectivity index (χ3v) is 5.65. The van der Waals surface area contributed by atoms with E-state index in [1.807, 2.05) is 84.9 Å². The van der Waals surface area contributed by atoms with Crippen LogP contribution in [0.3, 0.4) is 0 Å². The Hall–Kier alpha value is -4.25. The van der Waals surface area contributed by atoms with Crippen LogP contribution in [0.1, 0.15) is 21.7 Å². The fourth-order valence-corrected chi connectivity index (χ4v) is 3.77. The SMILES string of the molecule is Cc1cccc(-n2nc(C(=O)Nc3ccc4ccccc4c3)nc2-c2ccccc2)c1C. The van der Waals surface area contributed by atoms with Gasteiger partial charge in [0, 0.05) is 11.3 Å². The Morgan fingerprint density at radius 1 is 0.812 bits per heavy atom. The Labute approximate surface area is 186 Å². The van der Waals surface area contributed by atoms with Crippen molar-refractivity contribution >= 4 is 22.4 Å². The van der Waals surface area contributed by atoms with Gasteiger partial charge in [0.25, 0.3) is 5.91 Å². The summed E-state index contributed by atoms with van der Waals surface area (Å²) in [4.78, 5) is 17.7. The summed E-state index contributed by atoms with van der Waals surface area (Å²) in [5, 5.41) is 9.73. The molecule has 0 bridgehead atoms. The van der Waals surface area contributed by atoms with Crippen molar-refractivity contribution in [2.45, 2.75) is 13.8 Å². The van der Waals surface area contributed by atoms with Crippen molar-refractivity contribution in [3.05, 3.63) is 108 Å². The second-order valence-electron chi connectivity index (χ2n) is 7.77. The topological polar surface area (TPSA) is 59.8 Å². The van der Waals surface area contributed by atoms with Gasteiger partial charge in [0.15, 0.2) is 5.82 Å². The lowest BCUT2D eigenvalue weighted by Gasteiger charge is -2.10. The number of aryl methyl sites for hydroxylation is 1. The van der Waals surface area contributed by atoms with Gasteiger partial charge in [-0.25, -0.2) is 9.67 Å². The summed E-state index contributed by atoms with van der Waals surface area (Å²) >= 11 is 0. The zero-order valence-corrected chi connectivity index (χ0v) is 17.9. The molecule has 5 rings (SSSR count). The van der Waals surface area contributed by atoms with Gasteiger partial charge in [-0.3, -0.25) is 4.79 Å². The first-order valence-electron chi connectivity index (χ1n) is 10.5. The maximum absolute atomic E-state index is 13.1. The van der Waals surface area contributed by atoms with Crippen LogP contribution in [-0.2, 0) is 0 Å². The molecular weight excluding hydrogens is 396 g/mol. The van der Waals surface area contributed by atoms with E-state index in [0.29, 0.717) is 11.5 Å². The summed E-state index contributed by atoms with van der Waals surface area (Å²) in [6.45, 7) is 4.11. The average molecular weight is 419 g/mol. The molecule has 0 aliphatic heterocycles. The largest absolute Gasteiger partial charge is 0.319 e. The molecule has 156 valence electrons. The van der Waals surface area contributed by atoms with Crippen LogP contribution in [0.2, 0.25) is 0 Å². The van der Waals surface area contributed by atoms with E-state index in [1.165, 1.54) is 0 Å². The summed E-state index contributed by atoms with van der Waals surface area (Å²) in [5.41, 5.74) is 4.75. The van der Waals surface area contributed by atoms with E-state index in [1.54, 1.807) is 4.68 Å². The number of benzene rings is 4. The van der Waals surface area contributed by atoms with E-state index < -0.39 is 0 Å². The molecular formula is C27H22N4O. The van der Waals surface area contributed by atoms with Crippen LogP contribution >= 0.6 is 0 Å². The van der Waals surface area contributed by atoms with E-state index >= 15 is 0 Å². The number of fused-ring (bicyclic) bond motifs is 1. The average Bonchev–Trinajstić information content (AvgIpc) is 3.27. The van der Waals surface area contributed by atoms with Crippen LogP contribution in [0.5, 0.6) is 0 Å². The van der Waals surface area contributed by atoms with Crippen LogP contribution in [-0.4, -0.2) is 20.7 Å². The van der Waals surface area contributed by atoms with Crippen LogP contribution in [0.15, 0.2) is 91.0 Å². The standard InChI is InChI=1S/C27H22N4O/c1-18-9-8-14-24(19(18)2)31-26(21-11-4-3-5-12-21)29-25(30-31)27(32)28-23-16-15-20-10-6-7-13-22(20)17-23/h3-17H,1-2H3,(H,28,32). The number of hydrogen-bond acceptors (Lipinski definition) is 3. The number of amides is 1. The highest BCUT2D eigenvalue weighted by Crippen LogP contribution is 2.25. The van der Waals surface area contributed by atoms with Crippen molar-refractivity contribution in [2.24, 2.45) is 0 Å². The molecule has 0 radical (unpaired) electrons. The van der Waals surface area contributed by atoms with Gasteiger partial charge in [0.2, 0.25) is 5.82 Å². The van der Waals surface area contributed by atoms with Crippen LogP contribution < -0.4 is 5.32 Å². The van der Waals surface area contributed by atoms with E-state index in [0.717, 1.165) is 33.2 Å². The number of nitrogens with zero attached hydrogens (tertiary/aromatic N) is 3. The lowest BCUT2D eigenvalue weighted by atomic mass is 10.1. The van der Waals surface area contributed by atoms with Gasteiger partial charge in [-0.15, -0.1) is 5.10 Å². The quantitative estimate of drug-likeness (QED) is 0.392. The third-order valence-electron chi connectivity index (χ3n) is 5.65. The summed E-state index contributed by atoms with van der Waals surface area (Å²) < 4.78 is 1.76. The molecule has 32 heavy (non-hydrogen) atoms. The lowest BCUT2D eigenvalue weighted by molar-refractivity contribution is 0.101. The third kappa shape index (κ3) is 3.65. The zero-order valence-electron chi connectivity index (χ0n) is 17.9. The Bertz CT molecular complexity index is 1440. The molecule has 1 N–H and O–H groups in total. The Morgan fingerprint density at radius 3 is 2.38 bits per heavy atom. The predicted molar refractivity (Wildman–Crippen MR) is 128 cm³/mol. The number of carbonyl (C=O) groups excluding carboxylic acids is 1. The van der Waals surface area contributed by atoms with Crippen molar-refractivity contribution in [1.29, 1.82) is 0 Å². The molecule has 5 nitrogen and oxygen atoms in total. The van der Waals surface area contributed by atoms with Crippen LogP contribution in [0.25, 0.3) is 27.8 Å². The molecule has 5 aromatic rings. The minimum Gasteiger partial charge on any atom is -0.319 e. The lowest BCUT2D eigenvalue weighted by Crippen LogP contribution is -2.14. The normalized spacial score (nSPS) is 10.9. The zero-order chi connectivity index (χ0) is 22.1. The molecule has 1 aromatic heterocycles. The number of rotatable bonds is 4. The van der Waals surface area contributed by atoms with Crippen LogP contribution in [0.4, 0.5) is 5.69 Å². The van der Waals surface area contributed by atoms with E-state index in [-0.39, 0.29) is 11.7 Å². The molecule has 0 saturated heterocycles. The highest BCUT2D eigenvalue weighted by molar-refractivity contribution is 6.03. The second-order valence-corrected chi connectivity index (χ2v) is 7.77. The molecule has 5 heteroatoms. The van der Waals surface area contributed by atoms with Gasteiger partial charge in [-0.2, -0.15) is 0 Å². The highest BCUT2D eigenvalue weighted by Gasteiger charge is 2.20. The van der Waals surface area contributed by atoms with Gasteiger partial charge >= 0.3 is 0 Å². The number of aromatic nitrogens is 3. The molecule has 1 amide bonds. The summed E-state index contributed by atoms with van der Waals surface area (Å²) in [7, 11) is 0. The molecule has 0 spiro atoms. The monoisotopic (exact) mass is 418 g/mol. The molecule has 0 unspecified atom stereocenters. The van der Waals surface area contributed by atoms with E-state index in [4.69, 9.17) is 0 Å². The maximum Gasteiger partial charge on any atom is 0.295 e. The first-order chi connectivity index (χ1) is 15.6. The van der Waals surface area contributed by atoms with Crippen LogP contribution in [0, 0.1) is 13.8 Å². The first-order valence-corrected chi connectivity index (χ1v) is 10.5. The molecule has 1 heterocycles. The number of carbonyl (C=O) groups is 1. The molecule has 4 aromatic carbocycles. The van der Waals surface area contributed by atoms with Crippen molar-refractivity contribution in [2.75, 3.05) is 5.32 Å². The minimum absolute atomic E-state index is 0.123.